The van der Waals surface area contributed by atoms with Crippen LogP contribution in [0.15, 0.2) is 0 Å². The molecule has 27 heavy (non-hydrogen) atoms. The molecule has 0 aromatic rings. The van der Waals surface area contributed by atoms with Crippen molar-refractivity contribution in [2.75, 3.05) is 39.3 Å². The molecule has 0 aromatic carbocycles. The fraction of sp³-hybridized carbons (Fsp3) is 1.00. The molecule has 162 valence electrons. The van der Waals surface area contributed by atoms with Crippen LogP contribution in [0, 0.1) is 10.2 Å². The number of rotatable bonds is 4. The Morgan fingerprint density at radius 2 is 0.852 bits per heavy atom. The predicted octanol–water partition coefficient (Wildman–Crippen LogP) is 2.11. The van der Waals surface area contributed by atoms with Crippen LogP contribution >= 0.6 is 30.9 Å². The molecule has 3 aliphatic heterocycles. The maximum absolute atomic E-state index is 8.83. The van der Waals surface area contributed by atoms with Gasteiger partial charge in [-0.1, -0.05) is 42.5 Å². The van der Waals surface area contributed by atoms with Crippen molar-refractivity contribution in [3.63, 3.8) is 0 Å². The van der Waals surface area contributed by atoms with E-state index < -0.39 is 18.0 Å². The predicted molar refractivity (Wildman–Crippen MR) is 105 cm³/mol. The first-order valence-corrected chi connectivity index (χ1v) is 13.8. The van der Waals surface area contributed by atoms with Crippen molar-refractivity contribution in [3.05, 3.63) is 0 Å². The topological polar surface area (TPSA) is 93.5 Å². The van der Waals surface area contributed by atoms with Gasteiger partial charge in [0.05, 0.1) is 0 Å². The average molecular weight is 470 g/mol. The van der Waals surface area contributed by atoms with Gasteiger partial charge >= 0.3 is 28.9 Å². The zero-order valence-corrected chi connectivity index (χ0v) is 19.0. The van der Waals surface area contributed by atoms with Crippen LogP contribution in [-0.2, 0) is 0 Å². The van der Waals surface area contributed by atoms with Crippen molar-refractivity contribution in [2.24, 2.45) is 0 Å². The number of halogens is 3. The van der Waals surface area contributed by atoms with E-state index in [1.807, 2.05) is 0 Å². The molecule has 3 heterocycles. The van der Waals surface area contributed by atoms with Crippen LogP contribution in [-0.4, -0.2) is 71.8 Å². The molecule has 0 aromatic heterocycles. The number of piperidine rings is 3. The average Bonchev–Trinajstić information content (AvgIpc) is 2.63. The minimum atomic E-state index is -4.19. The first-order valence-electron chi connectivity index (χ1n) is 9.85. The van der Waals surface area contributed by atoms with Crippen LogP contribution in [0.4, 0.5) is 0 Å². The molecule has 11 heteroatoms. The zero-order chi connectivity index (χ0) is 19.9. The van der Waals surface area contributed by atoms with Gasteiger partial charge in [-0.25, -0.2) is 0 Å². The van der Waals surface area contributed by atoms with Crippen molar-refractivity contribution in [1.29, 1.82) is 0 Å². The van der Waals surface area contributed by atoms with Crippen molar-refractivity contribution in [1.82, 2.24) is 14.0 Å². The van der Waals surface area contributed by atoms with Crippen molar-refractivity contribution >= 4 is 30.9 Å². The molecule has 3 N–H and O–H groups in total. The standard InChI is InChI=1S/C16H31Cl2N3P.ClH3O4/c17-16(18)22(19-10-4-1-5-11-19,20-12-6-2-7-13-20)21-14-8-3-9-15-21;2-1(3,4)5/h16H,1-15H2;2-4H/q+1;. The van der Waals surface area contributed by atoms with E-state index in [1.54, 1.807) is 0 Å². The van der Waals surface area contributed by atoms with Crippen LogP contribution in [0.2, 0.25) is 0 Å². The van der Waals surface area contributed by atoms with Gasteiger partial charge in [0.25, 0.3) is 12.3 Å². The third-order valence-corrected chi connectivity index (χ3v) is 11.3. The van der Waals surface area contributed by atoms with Gasteiger partial charge in [0, 0.05) is 39.3 Å². The Morgan fingerprint density at radius 1 is 0.630 bits per heavy atom. The van der Waals surface area contributed by atoms with Gasteiger partial charge in [-0.05, 0) is 38.5 Å². The normalized spacial score (nSPS) is 25.1. The van der Waals surface area contributed by atoms with Gasteiger partial charge in [0.2, 0.25) is 0 Å². The Kier molecular flexibility index (Phi) is 10.3. The summed E-state index contributed by atoms with van der Waals surface area (Å²) in [5, 5.41) is 0. The van der Waals surface area contributed by atoms with E-state index in [1.165, 1.54) is 97.1 Å². The molecule has 0 unspecified atom stereocenters. The summed E-state index contributed by atoms with van der Waals surface area (Å²) in [4.78, 5) is 0. The second-order valence-corrected chi connectivity index (χ2v) is 13.4. The molecule has 0 aliphatic carbocycles. The quantitative estimate of drug-likeness (QED) is 0.429. The summed E-state index contributed by atoms with van der Waals surface area (Å²) >= 11 is 13.6. The molecular weight excluding hydrogens is 436 g/mol. The van der Waals surface area contributed by atoms with E-state index in [2.05, 4.69) is 14.0 Å². The monoisotopic (exact) mass is 468 g/mol. The first-order chi connectivity index (χ1) is 12.8. The molecule has 0 bridgehead atoms. The summed E-state index contributed by atoms with van der Waals surface area (Å²) in [5.41, 5.74) is 0. The summed E-state index contributed by atoms with van der Waals surface area (Å²) < 4.78 is 38.2. The van der Waals surface area contributed by atoms with E-state index in [9.17, 15) is 0 Å². The summed E-state index contributed by atoms with van der Waals surface area (Å²) in [6.07, 6.45) is 12.0. The summed E-state index contributed by atoms with van der Waals surface area (Å²) in [5.74, 6) is 0. The van der Waals surface area contributed by atoms with E-state index >= 15 is 0 Å². The SMILES string of the molecule is ClC(Cl)[P+](N1CCCCC1)(N1CCCCC1)N1CCCCC1.[O-][Cl+](O)(O)O. The van der Waals surface area contributed by atoms with Gasteiger partial charge < -0.3 is 0 Å². The third-order valence-electron chi connectivity index (χ3n) is 5.51. The number of alkyl halides is 2. The van der Waals surface area contributed by atoms with Crippen molar-refractivity contribution < 1.29 is 28.9 Å². The molecule has 3 saturated heterocycles. The fourth-order valence-corrected chi connectivity index (χ4v) is 11.1. The van der Waals surface area contributed by atoms with Crippen LogP contribution < -0.4 is 4.66 Å². The van der Waals surface area contributed by atoms with E-state index in [0.29, 0.717) is 0 Å². The summed E-state index contributed by atoms with van der Waals surface area (Å²) in [7, 11) is -5.96. The molecule has 3 rings (SSSR count). The number of nitrogens with zero attached hydrogens (tertiary/aromatic N) is 3. The summed E-state index contributed by atoms with van der Waals surface area (Å²) in [6, 6.07) is 0. The number of hydrogen-bond acceptors (Lipinski definition) is 7. The molecule has 7 nitrogen and oxygen atoms in total. The van der Waals surface area contributed by atoms with Gasteiger partial charge in [0.1, 0.15) is 0 Å². The molecule has 0 amide bonds. The van der Waals surface area contributed by atoms with Crippen LogP contribution in [0.25, 0.3) is 0 Å². The van der Waals surface area contributed by atoms with Gasteiger partial charge in [-0.2, -0.15) is 0 Å². The Balaban J connectivity index is 0.000000465. The van der Waals surface area contributed by atoms with Crippen molar-refractivity contribution in [2.45, 2.75) is 62.4 Å². The zero-order valence-electron chi connectivity index (χ0n) is 15.9. The van der Waals surface area contributed by atoms with Crippen LogP contribution in [0.1, 0.15) is 57.8 Å². The Hall–Kier alpha value is 1.02. The van der Waals surface area contributed by atoms with Crippen LogP contribution in [0.5, 0.6) is 0 Å². The maximum atomic E-state index is 8.83. The van der Waals surface area contributed by atoms with Crippen LogP contribution in [0.3, 0.4) is 0 Å². The Labute approximate surface area is 175 Å². The minimum absolute atomic E-state index is 0.262. The first kappa shape index (κ1) is 24.3. The second-order valence-electron chi connectivity index (χ2n) is 7.37. The summed E-state index contributed by atoms with van der Waals surface area (Å²) in [6.45, 7) is 7.15. The molecule has 3 aliphatic rings. The molecule has 0 saturated carbocycles. The van der Waals surface area contributed by atoms with Crippen molar-refractivity contribution in [3.8, 4) is 0 Å². The Morgan fingerprint density at radius 3 is 1.04 bits per heavy atom. The molecule has 0 radical (unpaired) electrons. The van der Waals surface area contributed by atoms with Gasteiger partial charge in [-0.3, -0.25) is 0 Å². The van der Waals surface area contributed by atoms with E-state index in [4.69, 9.17) is 41.8 Å². The number of hydrogen-bond donors (Lipinski definition) is 3. The van der Waals surface area contributed by atoms with Gasteiger partial charge in [0.15, 0.2) is 0 Å². The fourth-order valence-electron chi connectivity index (χ4n) is 4.42. The third kappa shape index (κ3) is 7.04. The van der Waals surface area contributed by atoms with E-state index in [-0.39, 0.29) is 4.58 Å². The Bertz CT molecular complexity index is 376. The molecular formula is C16H34Cl3N3O4P+. The van der Waals surface area contributed by atoms with E-state index in [0.717, 1.165) is 0 Å². The molecule has 3 fully saturated rings. The second kappa shape index (κ2) is 11.4. The van der Waals surface area contributed by atoms with Gasteiger partial charge in [-0.15, -0.1) is 14.0 Å². The molecule has 0 spiro atoms. The molecule has 0 atom stereocenters.